The van der Waals surface area contributed by atoms with Gasteiger partial charge in [-0.3, -0.25) is 9.88 Å². The molecule has 1 aromatic rings. The molecule has 0 atom stereocenters. The summed E-state index contributed by atoms with van der Waals surface area (Å²) in [5.74, 6) is 0. The SMILES string of the molecule is Cc1ccncc1CN1CCC12CCCCC2. The molecule has 2 fully saturated rings. The summed E-state index contributed by atoms with van der Waals surface area (Å²) in [6, 6.07) is 2.13. The van der Waals surface area contributed by atoms with Gasteiger partial charge in [0.25, 0.3) is 0 Å². The van der Waals surface area contributed by atoms with Crippen LogP contribution in [0.15, 0.2) is 18.5 Å². The summed E-state index contributed by atoms with van der Waals surface area (Å²) in [6.07, 6.45) is 12.5. The Morgan fingerprint density at radius 1 is 1.24 bits per heavy atom. The molecule has 0 radical (unpaired) electrons. The highest BCUT2D eigenvalue weighted by atomic mass is 15.3. The third kappa shape index (κ3) is 1.99. The molecule has 1 saturated heterocycles. The molecule has 3 rings (SSSR count). The third-order valence-corrected chi connectivity index (χ3v) is 4.81. The summed E-state index contributed by atoms with van der Waals surface area (Å²) >= 11 is 0. The van der Waals surface area contributed by atoms with Crippen LogP contribution >= 0.6 is 0 Å². The van der Waals surface area contributed by atoms with Crippen molar-refractivity contribution in [2.24, 2.45) is 0 Å². The van der Waals surface area contributed by atoms with Crippen LogP contribution in [0.4, 0.5) is 0 Å². The van der Waals surface area contributed by atoms with Crippen molar-refractivity contribution in [3.05, 3.63) is 29.6 Å². The molecule has 0 amide bonds. The maximum Gasteiger partial charge on any atom is 0.0315 e. The molecule has 2 heterocycles. The zero-order valence-corrected chi connectivity index (χ0v) is 10.8. The molecule has 0 aromatic carbocycles. The predicted molar refractivity (Wildman–Crippen MR) is 69.8 cm³/mol. The second kappa shape index (κ2) is 4.41. The molecule has 17 heavy (non-hydrogen) atoms. The van der Waals surface area contributed by atoms with Gasteiger partial charge in [0.2, 0.25) is 0 Å². The van der Waals surface area contributed by atoms with E-state index in [1.807, 2.05) is 12.4 Å². The monoisotopic (exact) mass is 230 g/mol. The number of nitrogens with zero attached hydrogens (tertiary/aromatic N) is 2. The maximum absolute atomic E-state index is 4.26. The number of aryl methyl sites for hydroxylation is 1. The van der Waals surface area contributed by atoms with Crippen LogP contribution in [0.25, 0.3) is 0 Å². The van der Waals surface area contributed by atoms with Gasteiger partial charge in [0.05, 0.1) is 0 Å². The van der Waals surface area contributed by atoms with Crippen LogP contribution in [0.5, 0.6) is 0 Å². The summed E-state index contributed by atoms with van der Waals surface area (Å²) in [5, 5.41) is 0. The number of pyridine rings is 1. The topological polar surface area (TPSA) is 16.1 Å². The van der Waals surface area contributed by atoms with E-state index < -0.39 is 0 Å². The quantitative estimate of drug-likeness (QED) is 0.775. The van der Waals surface area contributed by atoms with E-state index in [-0.39, 0.29) is 0 Å². The van der Waals surface area contributed by atoms with Crippen molar-refractivity contribution in [1.82, 2.24) is 9.88 Å². The molecule has 0 N–H and O–H groups in total. The Labute approximate surface area is 104 Å². The first-order valence-electron chi connectivity index (χ1n) is 6.95. The van der Waals surface area contributed by atoms with Gasteiger partial charge < -0.3 is 0 Å². The minimum Gasteiger partial charge on any atom is -0.293 e. The van der Waals surface area contributed by atoms with Crippen LogP contribution in [0, 0.1) is 6.92 Å². The fraction of sp³-hybridized carbons (Fsp3) is 0.667. The van der Waals surface area contributed by atoms with E-state index in [4.69, 9.17) is 0 Å². The fourth-order valence-corrected chi connectivity index (χ4v) is 3.48. The molecule has 1 spiro atoms. The lowest BCUT2D eigenvalue weighted by Gasteiger charge is -2.55. The lowest BCUT2D eigenvalue weighted by Crippen LogP contribution is -2.59. The van der Waals surface area contributed by atoms with Gasteiger partial charge in [-0.1, -0.05) is 19.3 Å². The minimum atomic E-state index is 0.570. The van der Waals surface area contributed by atoms with Crippen LogP contribution in [0.2, 0.25) is 0 Å². The van der Waals surface area contributed by atoms with Gasteiger partial charge in [-0.15, -0.1) is 0 Å². The third-order valence-electron chi connectivity index (χ3n) is 4.81. The zero-order chi connectivity index (χ0) is 11.7. The second-order valence-corrected chi connectivity index (χ2v) is 5.76. The van der Waals surface area contributed by atoms with Crippen molar-refractivity contribution in [1.29, 1.82) is 0 Å². The van der Waals surface area contributed by atoms with Crippen molar-refractivity contribution in [2.75, 3.05) is 6.54 Å². The molecule has 0 unspecified atom stereocenters. The summed E-state index contributed by atoms with van der Waals surface area (Å²) in [7, 11) is 0. The van der Waals surface area contributed by atoms with E-state index in [2.05, 4.69) is 22.9 Å². The number of rotatable bonds is 2. The molecule has 1 aliphatic carbocycles. The van der Waals surface area contributed by atoms with Crippen molar-refractivity contribution >= 4 is 0 Å². The lowest BCUT2D eigenvalue weighted by molar-refractivity contribution is -0.0488. The minimum absolute atomic E-state index is 0.570. The molecule has 2 heteroatoms. The summed E-state index contributed by atoms with van der Waals surface area (Å²) in [4.78, 5) is 6.97. The summed E-state index contributed by atoms with van der Waals surface area (Å²) in [5.41, 5.74) is 3.37. The molecule has 0 bridgehead atoms. The van der Waals surface area contributed by atoms with Gasteiger partial charge in [0.1, 0.15) is 0 Å². The molecule has 2 nitrogen and oxygen atoms in total. The normalized spacial score (nSPS) is 23.6. The molecule has 1 aromatic heterocycles. The lowest BCUT2D eigenvalue weighted by atomic mass is 9.72. The first-order chi connectivity index (χ1) is 8.30. The summed E-state index contributed by atoms with van der Waals surface area (Å²) < 4.78 is 0. The Morgan fingerprint density at radius 3 is 2.71 bits per heavy atom. The van der Waals surface area contributed by atoms with Crippen LogP contribution in [0.3, 0.4) is 0 Å². The second-order valence-electron chi connectivity index (χ2n) is 5.76. The fourth-order valence-electron chi connectivity index (χ4n) is 3.48. The number of hydrogen-bond acceptors (Lipinski definition) is 2. The van der Waals surface area contributed by atoms with Crippen LogP contribution in [0.1, 0.15) is 49.7 Å². The van der Waals surface area contributed by atoms with E-state index in [0.29, 0.717) is 5.54 Å². The molecular weight excluding hydrogens is 208 g/mol. The summed E-state index contributed by atoms with van der Waals surface area (Å²) in [6.45, 7) is 4.60. The highest BCUT2D eigenvalue weighted by Crippen LogP contribution is 2.43. The highest BCUT2D eigenvalue weighted by molar-refractivity contribution is 5.22. The predicted octanol–water partition coefficient (Wildman–Crippen LogP) is 3.30. The standard InChI is InChI=1S/C15H22N2/c1-13-5-9-16-11-14(13)12-17-10-8-15(17)6-3-2-4-7-15/h5,9,11H,2-4,6-8,10,12H2,1H3. The van der Waals surface area contributed by atoms with Crippen molar-refractivity contribution in [3.63, 3.8) is 0 Å². The Balaban J connectivity index is 1.72. The first kappa shape index (κ1) is 11.2. The van der Waals surface area contributed by atoms with Crippen molar-refractivity contribution in [2.45, 2.75) is 57.5 Å². The average Bonchev–Trinajstić information content (AvgIpc) is 2.37. The van der Waals surface area contributed by atoms with Gasteiger partial charge in [-0.25, -0.2) is 0 Å². The van der Waals surface area contributed by atoms with E-state index in [1.54, 1.807) is 0 Å². The van der Waals surface area contributed by atoms with Gasteiger partial charge in [-0.05, 0) is 43.4 Å². The van der Waals surface area contributed by atoms with Crippen LogP contribution in [-0.2, 0) is 6.54 Å². The van der Waals surface area contributed by atoms with Gasteiger partial charge in [0, 0.05) is 31.0 Å². The molecule has 1 saturated carbocycles. The Kier molecular flexibility index (Phi) is 2.91. The molecule has 92 valence electrons. The zero-order valence-electron chi connectivity index (χ0n) is 10.8. The van der Waals surface area contributed by atoms with Crippen molar-refractivity contribution in [3.8, 4) is 0 Å². The molecular formula is C15H22N2. The largest absolute Gasteiger partial charge is 0.293 e. The Hall–Kier alpha value is -0.890. The van der Waals surface area contributed by atoms with Gasteiger partial charge in [0.15, 0.2) is 0 Å². The van der Waals surface area contributed by atoms with Gasteiger partial charge in [-0.2, -0.15) is 0 Å². The van der Waals surface area contributed by atoms with E-state index in [0.717, 1.165) is 6.54 Å². The Morgan fingerprint density at radius 2 is 2.06 bits per heavy atom. The van der Waals surface area contributed by atoms with Crippen LogP contribution in [-0.4, -0.2) is 22.0 Å². The van der Waals surface area contributed by atoms with Crippen molar-refractivity contribution < 1.29 is 0 Å². The number of aromatic nitrogens is 1. The highest BCUT2D eigenvalue weighted by Gasteiger charge is 2.44. The van der Waals surface area contributed by atoms with Crippen LogP contribution < -0.4 is 0 Å². The molecule has 2 aliphatic rings. The first-order valence-corrected chi connectivity index (χ1v) is 6.95. The smallest absolute Gasteiger partial charge is 0.0315 e. The van der Waals surface area contributed by atoms with E-state index >= 15 is 0 Å². The van der Waals surface area contributed by atoms with E-state index in [9.17, 15) is 0 Å². The maximum atomic E-state index is 4.26. The van der Waals surface area contributed by atoms with Gasteiger partial charge >= 0.3 is 0 Å². The van der Waals surface area contributed by atoms with E-state index in [1.165, 1.54) is 56.2 Å². The Bertz CT molecular complexity index is 394. The average molecular weight is 230 g/mol. The number of likely N-dealkylation sites (tertiary alicyclic amines) is 1. The number of hydrogen-bond donors (Lipinski definition) is 0. The molecule has 1 aliphatic heterocycles.